The van der Waals surface area contributed by atoms with Crippen molar-refractivity contribution >= 4 is 5.84 Å². The predicted molar refractivity (Wildman–Crippen MR) is 85.4 cm³/mol. The van der Waals surface area contributed by atoms with Crippen LogP contribution < -0.4 is 5.73 Å². The molecule has 0 aromatic heterocycles. The number of nitrogens with two attached hydrogens (primary N) is 1. The quantitative estimate of drug-likeness (QED) is 0.370. The molecule has 110 valence electrons. The van der Waals surface area contributed by atoms with Crippen molar-refractivity contribution in [1.82, 2.24) is 4.90 Å². The summed E-state index contributed by atoms with van der Waals surface area (Å²) in [4.78, 5) is 2.23. The number of rotatable bonds is 6. The first-order chi connectivity index (χ1) is 10.2. The zero-order valence-corrected chi connectivity index (χ0v) is 12.2. The van der Waals surface area contributed by atoms with Gasteiger partial charge in [-0.25, -0.2) is 0 Å². The largest absolute Gasteiger partial charge is 0.409 e. The maximum Gasteiger partial charge on any atom is 0.170 e. The van der Waals surface area contributed by atoms with Crippen molar-refractivity contribution in [2.45, 2.75) is 13.0 Å². The van der Waals surface area contributed by atoms with Gasteiger partial charge in [0.2, 0.25) is 0 Å². The van der Waals surface area contributed by atoms with E-state index in [2.05, 4.69) is 41.4 Å². The molecule has 0 radical (unpaired) electrons. The van der Waals surface area contributed by atoms with Crippen molar-refractivity contribution in [3.8, 4) is 0 Å². The molecule has 4 heteroatoms. The van der Waals surface area contributed by atoms with Crippen LogP contribution in [0.25, 0.3) is 0 Å². The smallest absolute Gasteiger partial charge is 0.170 e. The number of oxime groups is 1. The van der Waals surface area contributed by atoms with Gasteiger partial charge in [0.25, 0.3) is 0 Å². The molecule has 0 bridgehead atoms. The minimum Gasteiger partial charge on any atom is -0.409 e. The Morgan fingerprint density at radius 3 is 2.48 bits per heavy atom. The second kappa shape index (κ2) is 7.45. The van der Waals surface area contributed by atoms with Crippen LogP contribution in [-0.4, -0.2) is 29.5 Å². The number of benzene rings is 2. The van der Waals surface area contributed by atoms with E-state index < -0.39 is 0 Å². The first-order valence-corrected chi connectivity index (χ1v) is 6.99. The van der Waals surface area contributed by atoms with Crippen LogP contribution in [-0.2, 0) is 13.0 Å². The van der Waals surface area contributed by atoms with Gasteiger partial charge in [-0.05, 0) is 24.6 Å². The van der Waals surface area contributed by atoms with Crippen LogP contribution in [0.1, 0.15) is 16.7 Å². The fraction of sp³-hybridized carbons (Fsp3) is 0.235. The van der Waals surface area contributed by atoms with Gasteiger partial charge in [-0.3, -0.25) is 0 Å². The molecule has 0 saturated heterocycles. The highest BCUT2D eigenvalue weighted by atomic mass is 16.4. The molecule has 21 heavy (non-hydrogen) atoms. The number of hydrogen-bond donors (Lipinski definition) is 2. The Balaban J connectivity index is 1.98. The Hall–Kier alpha value is -2.33. The molecule has 2 rings (SSSR count). The third-order valence-electron chi connectivity index (χ3n) is 3.47. The van der Waals surface area contributed by atoms with Crippen molar-refractivity contribution in [3.63, 3.8) is 0 Å². The monoisotopic (exact) mass is 283 g/mol. The summed E-state index contributed by atoms with van der Waals surface area (Å²) in [5, 5.41) is 11.9. The van der Waals surface area contributed by atoms with Crippen LogP contribution >= 0.6 is 0 Å². The molecule has 0 spiro atoms. The summed E-state index contributed by atoms with van der Waals surface area (Å²) in [6.07, 6.45) is 1.00. The minimum atomic E-state index is 0.155. The van der Waals surface area contributed by atoms with Crippen LogP contribution in [0.4, 0.5) is 0 Å². The second-order valence-corrected chi connectivity index (χ2v) is 5.12. The number of amidine groups is 1. The molecular weight excluding hydrogens is 262 g/mol. The summed E-state index contributed by atoms with van der Waals surface area (Å²) < 4.78 is 0. The van der Waals surface area contributed by atoms with Gasteiger partial charge in [0.15, 0.2) is 5.84 Å². The Labute approximate surface area is 125 Å². The highest BCUT2D eigenvalue weighted by Gasteiger charge is 2.08. The minimum absolute atomic E-state index is 0.155. The van der Waals surface area contributed by atoms with Gasteiger partial charge in [0.05, 0.1) is 0 Å². The zero-order valence-electron chi connectivity index (χ0n) is 12.2. The van der Waals surface area contributed by atoms with E-state index in [-0.39, 0.29) is 5.84 Å². The van der Waals surface area contributed by atoms with Crippen molar-refractivity contribution < 1.29 is 5.21 Å². The summed E-state index contributed by atoms with van der Waals surface area (Å²) in [5.74, 6) is 0.155. The molecule has 0 aliphatic rings. The normalized spacial score (nSPS) is 11.8. The van der Waals surface area contributed by atoms with Gasteiger partial charge in [-0.15, -0.1) is 0 Å². The lowest BCUT2D eigenvalue weighted by Gasteiger charge is -2.18. The molecule has 0 aliphatic heterocycles. The van der Waals surface area contributed by atoms with E-state index in [1.54, 1.807) is 0 Å². The SMILES string of the molecule is CN(CCc1ccccc1)Cc1ccccc1C(N)=NO. The number of nitrogens with zero attached hydrogens (tertiary/aromatic N) is 2. The lowest BCUT2D eigenvalue weighted by atomic mass is 10.1. The molecule has 2 aromatic rings. The van der Waals surface area contributed by atoms with Crippen molar-refractivity contribution in [3.05, 3.63) is 71.3 Å². The topological polar surface area (TPSA) is 61.8 Å². The van der Waals surface area contributed by atoms with Gasteiger partial charge >= 0.3 is 0 Å². The third kappa shape index (κ3) is 4.33. The van der Waals surface area contributed by atoms with E-state index in [9.17, 15) is 0 Å². The predicted octanol–water partition coefficient (Wildman–Crippen LogP) is 2.46. The van der Waals surface area contributed by atoms with Crippen LogP contribution in [0.3, 0.4) is 0 Å². The number of hydrogen-bond acceptors (Lipinski definition) is 3. The van der Waals surface area contributed by atoms with Gasteiger partial charge < -0.3 is 15.8 Å². The molecule has 0 amide bonds. The molecular formula is C17H21N3O. The molecule has 0 aliphatic carbocycles. The molecule has 0 heterocycles. The fourth-order valence-electron chi connectivity index (χ4n) is 2.30. The summed E-state index contributed by atoms with van der Waals surface area (Å²) in [7, 11) is 2.08. The summed E-state index contributed by atoms with van der Waals surface area (Å²) in [6, 6.07) is 18.2. The molecule has 0 fully saturated rings. The molecule has 4 nitrogen and oxygen atoms in total. The highest BCUT2D eigenvalue weighted by Crippen LogP contribution is 2.11. The molecule has 2 aromatic carbocycles. The van der Waals surface area contributed by atoms with Crippen LogP contribution in [0.2, 0.25) is 0 Å². The fourth-order valence-corrected chi connectivity index (χ4v) is 2.30. The van der Waals surface area contributed by atoms with E-state index in [0.717, 1.165) is 30.6 Å². The maximum atomic E-state index is 8.85. The third-order valence-corrected chi connectivity index (χ3v) is 3.47. The van der Waals surface area contributed by atoms with Crippen LogP contribution in [0.5, 0.6) is 0 Å². The van der Waals surface area contributed by atoms with Crippen molar-refractivity contribution in [2.24, 2.45) is 10.9 Å². The van der Waals surface area contributed by atoms with Crippen molar-refractivity contribution in [1.29, 1.82) is 0 Å². The van der Waals surface area contributed by atoms with E-state index in [1.165, 1.54) is 5.56 Å². The molecule has 0 unspecified atom stereocenters. The van der Waals surface area contributed by atoms with Crippen LogP contribution in [0, 0.1) is 0 Å². The van der Waals surface area contributed by atoms with E-state index >= 15 is 0 Å². The van der Waals surface area contributed by atoms with Gasteiger partial charge in [0.1, 0.15) is 0 Å². The summed E-state index contributed by atoms with van der Waals surface area (Å²) in [6.45, 7) is 1.72. The van der Waals surface area contributed by atoms with Gasteiger partial charge in [-0.1, -0.05) is 59.8 Å². The van der Waals surface area contributed by atoms with Gasteiger partial charge in [0, 0.05) is 18.7 Å². The highest BCUT2D eigenvalue weighted by molar-refractivity contribution is 5.98. The summed E-state index contributed by atoms with van der Waals surface area (Å²) in [5.41, 5.74) is 8.89. The standard InChI is InChI=1S/C17H21N3O/c1-20(12-11-14-7-3-2-4-8-14)13-15-9-5-6-10-16(15)17(18)19-21/h2-10,21H,11-13H2,1H3,(H2,18,19). The van der Waals surface area contributed by atoms with E-state index in [1.807, 2.05) is 30.3 Å². The second-order valence-electron chi connectivity index (χ2n) is 5.12. The summed E-state index contributed by atoms with van der Waals surface area (Å²) >= 11 is 0. The first-order valence-electron chi connectivity index (χ1n) is 6.99. The van der Waals surface area contributed by atoms with Crippen LogP contribution in [0.15, 0.2) is 59.8 Å². The Morgan fingerprint density at radius 2 is 1.76 bits per heavy atom. The Morgan fingerprint density at radius 1 is 1.10 bits per heavy atom. The lowest BCUT2D eigenvalue weighted by Crippen LogP contribution is -2.23. The first kappa shape index (κ1) is 15.1. The molecule has 0 saturated carbocycles. The van der Waals surface area contributed by atoms with E-state index in [4.69, 9.17) is 10.9 Å². The zero-order chi connectivity index (χ0) is 15.1. The lowest BCUT2D eigenvalue weighted by molar-refractivity contribution is 0.317. The Bertz CT molecular complexity index is 596. The van der Waals surface area contributed by atoms with Gasteiger partial charge in [-0.2, -0.15) is 0 Å². The average molecular weight is 283 g/mol. The Kier molecular flexibility index (Phi) is 5.35. The molecule has 0 atom stereocenters. The average Bonchev–Trinajstić information content (AvgIpc) is 2.54. The van der Waals surface area contributed by atoms with Crippen molar-refractivity contribution in [2.75, 3.05) is 13.6 Å². The maximum absolute atomic E-state index is 8.85. The number of likely N-dealkylation sites (N-methyl/N-ethyl adjacent to an activating group) is 1. The van der Waals surface area contributed by atoms with E-state index in [0.29, 0.717) is 0 Å². The molecule has 3 N–H and O–H groups in total.